The van der Waals surface area contributed by atoms with Crippen LogP contribution < -0.4 is 5.32 Å². The van der Waals surface area contributed by atoms with Gasteiger partial charge in [0.1, 0.15) is 0 Å². The van der Waals surface area contributed by atoms with Crippen molar-refractivity contribution >= 4 is 5.97 Å². The highest BCUT2D eigenvalue weighted by Crippen LogP contribution is 2.03. The Bertz CT molecular complexity index is 182. The molecule has 0 amide bonds. The van der Waals surface area contributed by atoms with Crippen LogP contribution in [0.4, 0.5) is 0 Å². The minimum absolute atomic E-state index is 0.0768. The van der Waals surface area contributed by atoms with Crippen LogP contribution in [-0.4, -0.2) is 48.6 Å². The van der Waals surface area contributed by atoms with E-state index in [2.05, 4.69) is 10.1 Å². The van der Waals surface area contributed by atoms with Crippen LogP contribution in [0.15, 0.2) is 0 Å². The van der Waals surface area contributed by atoms with Crippen molar-refractivity contribution in [1.29, 1.82) is 0 Å². The zero-order chi connectivity index (χ0) is 11.2. The summed E-state index contributed by atoms with van der Waals surface area (Å²) < 4.78 is 4.42. The summed E-state index contributed by atoms with van der Waals surface area (Å²) in [6.07, 6.45) is 0. The number of aliphatic hydroxyl groups excluding tert-OH is 1. The van der Waals surface area contributed by atoms with Gasteiger partial charge in [-0.15, -0.1) is 0 Å². The predicted octanol–water partition coefficient (Wildman–Crippen LogP) is -0.872. The van der Waals surface area contributed by atoms with Gasteiger partial charge < -0.3 is 20.3 Å². The molecule has 0 heterocycles. The highest BCUT2D eigenvalue weighted by Gasteiger charge is 2.30. The Morgan fingerprint density at radius 1 is 1.64 bits per heavy atom. The first-order valence-corrected chi connectivity index (χ1v) is 4.56. The molecule has 0 radical (unpaired) electrons. The molecule has 0 saturated carbocycles. The molecule has 0 aliphatic carbocycles. The van der Waals surface area contributed by atoms with Crippen molar-refractivity contribution < 1.29 is 19.7 Å². The minimum atomic E-state index is -1.51. The van der Waals surface area contributed by atoms with Crippen LogP contribution in [0.5, 0.6) is 0 Å². The molecule has 0 rings (SSSR count). The second-order valence-corrected chi connectivity index (χ2v) is 3.68. The lowest BCUT2D eigenvalue weighted by Crippen LogP contribution is -2.46. The van der Waals surface area contributed by atoms with Crippen LogP contribution in [0.3, 0.4) is 0 Å². The van der Waals surface area contributed by atoms with E-state index in [0.29, 0.717) is 6.54 Å². The molecule has 0 spiro atoms. The van der Waals surface area contributed by atoms with E-state index in [1.165, 1.54) is 14.0 Å². The summed E-state index contributed by atoms with van der Waals surface area (Å²) in [4.78, 5) is 11.0. The molecule has 0 aromatic carbocycles. The molecule has 0 bridgehead atoms. The van der Waals surface area contributed by atoms with Gasteiger partial charge >= 0.3 is 5.97 Å². The summed E-state index contributed by atoms with van der Waals surface area (Å²) in [5.74, 6) is -0.565. The molecule has 0 aromatic rings. The fraction of sp³-hybridized carbons (Fsp3) is 0.889. The van der Waals surface area contributed by atoms with Crippen molar-refractivity contribution in [2.24, 2.45) is 5.92 Å². The van der Waals surface area contributed by atoms with Gasteiger partial charge in [0.15, 0.2) is 5.60 Å². The number of hydrogen-bond acceptors (Lipinski definition) is 5. The first kappa shape index (κ1) is 13.4. The third-order valence-electron chi connectivity index (χ3n) is 1.90. The van der Waals surface area contributed by atoms with Crippen molar-refractivity contribution in [3.05, 3.63) is 0 Å². The lowest BCUT2D eigenvalue weighted by Gasteiger charge is -2.21. The molecule has 2 unspecified atom stereocenters. The van der Waals surface area contributed by atoms with Crippen molar-refractivity contribution in [2.75, 3.05) is 26.8 Å². The quantitative estimate of drug-likeness (QED) is 0.491. The first-order chi connectivity index (χ1) is 6.44. The van der Waals surface area contributed by atoms with Gasteiger partial charge in [-0.1, -0.05) is 6.92 Å². The number of rotatable bonds is 6. The van der Waals surface area contributed by atoms with Gasteiger partial charge in [0.05, 0.1) is 7.11 Å². The highest BCUT2D eigenvalue weighted by atomic mass is 16.5. The molecule has 0 aromatic heterocycles. The van der Waals surface area contributed by atoms with Crippen LogP contribution in [0.1, 0.15) is 13.8 Å². The smallest absolute Gasteiger partial charge is 0.338 e. The SMILES string of the molecule is COC(=O)C(C)(O)CNCC(C)CO. The number of carbonyl (C=O) groups is 1. The summed E-state index contributed by atoms with van der Waals surface area (Å²) in [6.45, 7) is 3.98. The van der Waals surface area contributed by atoms with Gasteiger partial charge in [-0.05, 0) is 12.8 Å². The molecular weight excluding hydrogens is 186 g/mol. The van der Waals surface area contributed by atoms with E-state index in [1.54, 1.807) is 0 Å². The van der Waals surface area contributed by atoms with Gasteiger partial charge in [-0.2, -0.15) is 0 Å². The maximum atomic E-state index is 11.0. The Hall–Kier alpha value is -0.650. The van der Waals surface area contributed by atoms with E-state index in [-0.39, 0.29) is 19.1 Å². The molecule has 0 saturated heterocycles. The molecule has 0 fully saturated rings. The first-order valence-electron chi connectivity index (χ1n) is 4.56. The third kappa shape index (κ3) is 4.55. The van der Waals surface area contributed by atoms with E-state index in [9.17, 15) is 9.90 Å². The average Bonchev–Trinajstić information content (AvgIpc) is 2.15. The highest BCUT2D eigenvalue weighted by molar-refractivity contribution is 5.78. The number of carbonyl (C=O) groups excluding carboxylic acids is 1. The lowest BCUT2D eigenvalue weighted by atomic mass is 10.1. The lowest BCUT2D eigenvalue weighted by molar-refractivity contribution is -0.159. The number of esters is 1. The largest absolute Gasteiger partial charge is 0.467 e. The molecular formula is C9H19NO4. The number of ether oxygens (including phenoxy) is 1. The molecule has 0 aliphatic heterocycles. The van der Waals surface area contributed by atoms with Gasteiger partial charge in [-0.3, -0.25) is 0 Å². The van der Waals surface area contributed by atoms with Crippen molar-refractivity contribution in [2.45, 2.75) is 19.4 Å². The third-order valence-corrected chi connectivity index (χ3v) is 1.90. The molecule has 5 nitrogen and oxygen atoms in total. The number of methoxy groups -OCH3 is 1. The Morgan fingerprint density at radius 3 is 2.64 bits per heavy atom. The van der Waals surface area contributed by atoms with E-state index in [4.69, 9.17) is 5.11 Å². The van der Waals surface area contributed by atoms with Gasteiger partial charge in [-0.25, -0.2) is 4.79 Å². The minimum Gasteiger partial charge on any atom is -0.467 e. The Balaban J connectivity index is 3.82. The monoisotopic (exact) mass is 205 g/mol. The van der Waals surface area contributed by atoms with E-state index in [1.807, 2.05) is 6.92 Å². The fourth-order valence-electron chi connectivity index (χ4n) is 0.919. The predicted molar refractivity (Wildman–Crippen MR) is 51.8 cm³/mol. The normalized spacial score (nSPS) is 17.2. The maximum Gasteiger partial charge on any atom is 0.338 e. The second kappa shape index (κ2) is 5.95. The number of hydrogen-bond donors (Lipinski definition) is 3. The number of aliphatic hydroxyl groups is 2. The summed E-state index contributed by atoms with van der Waals surface area (Å²) in [5, 5.41) is 21.2. The summed E-state index contributed by atoms with van der Waals surface area (Å²) >= 11 is 0. The molecule has 84 valence electrons. The van der Waals surface area contributed by atoms with E-state index in [0.717, 1.165) is 0 Å². The van der Waals surface area contributed by atoms with E-state index < -0.39 is 11.6 Å². The fourth-order valence-corrected chi connectivity index (χ4v) is 0.919. The molecule has 3 N–H and O–H groups in total. The molecule has 5 heteroatoms. The summed E-state index contributed by atoms with van der Waals surface area (Å²) in [5.41, 5.74) is -1.51. The van der Waals surface area contributed by atoms with Gasteiger partial charge in [0.25, 0.3) is 0 Å². The van der Waals surface area contributed by atoms with Crippen molar-refractivity contribution in [1.82, 2.24) is 5.32 Å². The zero-order valence-electron chi connectivity index (χ0n) is 8.91. The molecule has 2 atom stereocenters. The van der Waals surface area contributed by atoms with Crippen molar-refractivity contribution in [3.63, 3.8) is 0 Å². The topological polar surface area (TPSA) is 78.8 Å². The average molecular weight is 205 g/mol. The Morgan fingerprint density at radius 2 is 2.21 bits per heavy atom. The van der Waals surface area contributed by atoms with Gasteiger partial charge in [0.2, 0.25) is 0 Å². The van der Waals surface area contributed by atoms with Gasteiger partial charge in [0, 0.05) is 19.7 Å². The standard InChI is InChI=1S/C9H19NO4/c1-7(5-11)4-10-6-9(2,13)8(12)14-3/h7,10-11,13H,4-6H2,1-3H3. The van der Waals surface area contributed by atoms with Crippen LogP contribution >= 0.6 is 0 Å². The van der Waals surface area contributed by atoms with Crippen molar-refractivity contribution in [3.8, 4) is 0 Å². The Labute approximate surface area is 84.1 Å². The molecule has 14 heavy (non-hydrogen) atoms. The van der Waals surface area contributed by atoms with Crippen LogP contribution in [0, 0.1) is 5.92 Å². The second-order valence-electron chi connectivity index (χ2n) is 3.68. The van der Waals surface area contributed by atoms with E-state index >= 15 is 0 Å². The zero-order valence-corrected chi connectivity index (χ0v) is 8.91. The number of nitrogens with one attached hydrogen (secondary N) is 1. The summed E-state index contributed by atoms with van der Waals surface area (Å²) in [6, 6.07) is 0. The summed E-state index contributed by atoms with van der Waals surface area (Å²) in [7, 11) is 1.23. The van der Waals surface area contributed by atoms with Crippen LogP contribution in [0.2, 0.25) is 0 Å². The van der Waals surface area contributed by atoms with Crippen LogP contribution in [-0.2, 0) is 9.53 Å². The maximum absolute atomic E-state index is 11.0. The van der Waals surface area contributed by atoms with Crippen LogP contribution in [0.25, 0.3) is 0 Å². The molecule has 0 aliphatic rings. The Kier molecular flexibility index (Phi) is 5.68.